The molecule has 0 aliphatic heterocycles. The Morgan fingerprint density at radius 1 is 1.17 bits per heavy atom. The van der Waals surface area contributed by atoms with E-state index in [4.69, 9.17) is 4.42 Å². The van der Waals surface area contributed by atoms with E-state index in [-0.39, 0.29) is 35.3 Å². The highest BCUT2D eigenvalue weighted by atomic mass is 32.2. The van der Waals surface area contributed by atoms with Gasteiger partial charge in [-0.3, -0.25) is 9.10 Å². The number of likely N-dealkylation sites (N-methyl/N-ethyl adjacent to an activating group) is 1. The summed E-state index contributed by atoms with van der Waals surface area (Å²) in [6, 6.07) is 7.38. The number of hydrogen-bond donors (Lipinski definition) is 1. The molecule has 0 saturated carbocycles. The molecule has 1 N–H and O–H groups in total. The number of carbonyl (C=O) groups is 1. The fourth-order valence-electron chi connectivity index (χ4n) is 3.85. The van der Waals surface area contributed by atoms with Crippen LogP contribution in [-0.4, -0.2) is 75.7 Å². The third kappa shape index (κ3) is 6.37. The van der Waals surface area contributed by atoms with Crippen LogP contribution in [0.25, 0.3) is 22.4 Å². The molecule has 0 atom stereocenters. The summed E-state index contributed by atoms with van der Waals surface area (Å²) in [5, 5.41) is 3.09. The maximum Gasteiger partial charge on any atom is 0.255 e. The Labute approximate surface area is 216 Å². The van der Waals surface area contributed by atoms with E-state index >= 15 is 0 Å². The number of rotatable bonds is 12. The van der Waals surface area contributed by atoms with Crippen molar-refractivity contribution in [2.24, 2.45) is 0 Å². The van der Waals surface area contributed by atoms with Gasteiger partial charge < -0.3 is 14.6 Å². The van der Waals surface area contributed by atoms with Crippen LogP contribution >= 0.6 is 11.8 Å². The van der Waals surface area contributed by atoms with E-state index in [0.717, 1.165) is 24.3 Å². The Kier molecular flexibility index (Phi) is 9.37. The molecule has 1 amide bonds. The number of furan rings is 1. The van der Waals surface area contributed by atoms with Crippen molar-refractivity contribution < 1.29 is 22.0 Å². The van der Waals surface area contributed by atoms with Gasteiger partial charge in [-0.2, -0.15) is 16.7 Å². The number of aromatic nitrogens is 1. The monoisotopic (exact) mass is 536 g/mol. The van der Waals surface area contributed by atoms with Gasteiger partial charge in [-0.05, 0) is 55.1 Å². The summed E-state index contributed by atoms with van der Waals surface area (Å²) >= 11 is 1.84. The number of aryl methyl sites for hydroxylation is 1. The molecule has 1 aromatic carbocycles. The molecule has 0 aliphatic rings. The molecular formula is C25H33FN4O4S2. The lowest BCUT2D eigenvalue weighted by Gasteiger charge is -2.26. The number of amides is 1. The summed E-state index contributed by atoms with van der Waals surface area (Å²) in [4.78, 5) is 19.5. The normalized spacial score (nSPS) is 11.9. The summed E-state index contributed by atoms with van der Waals surface area (Å²) in [6.45, 7) is 5.61. The van der Waals surface area contributed by atoms with Crippen molar-refractivity contribution in [1.29, 1.82) is 0 Å². The molecule has 0 unspecified atom stereocenters. The fraction of sp³-hybridized carbons (Fsp3) is 0.440. The van der Waals surface area contributed by atoms with E-state index in [1.165, 1.54) is 35.6 Å². The topological polar surface area (TPSA) is 95.8 Å². The van der Waals surface area contributed by atoms with Crippen molar-refractivity contribution in [3.63, 3.8) is 0 Å². The number of benzene rings is 1. The first kappa shape index (κ1) is 27.9. The maximum atomic E-state index is 13.5. The van der Waals surface area contributed by atoms with Crippen LogP contribution in [0.2, 0.25) is 0 Å². The Bertz CT molecular complexity index is 1310. The number of nitrogens with zero attached hydrogens (tertiary/aromatic N) is 3. The minimum absolute atomic E-state index is 0.140. The number of hydrogen-bond acceptors (Lipinski definition) is 7. The average molecular weight is 537 g/mol. The highest BCUT2D eigenvalue weighted by Gasteiger charge is 2.27. The summed E-state index contributed by atoms with van der Waals surface area (Å²) in [5.41, 5.74) is 1.60. The molecule has 36 heavy (non-hydrogen) atoms. The molecular weight excluding hydrogens is 503 g/mol. The van der Waals surface area contributed by atoms with Crippen molar-refractivity contribution in [1.82, 2.24) is 15.2 Å². The van der Waals surface area contributed by atoms with Gasteiger partial charge >= 0.3 is 0 Å². The Hall–Kier alpha value is -2.63. The van der Waals surface area contributed by atoms with E-state index in [2.05, 4.69) is 22.1 Å². The van der Waals surface area contributed by atoms with Gasteiger partial charge in [0.2, 0.25) is 15.7 Å². The van der Waals surface area contributed by atoms with Gasteiger partial charge in [0.25, 0.3) is 5.91 Å². The first-order valence-electron chi connectivity index (χ1n) is 11.8. The summed E-state index contributed by atoms with van der Waals surface area (Å²) in [6.07, 6.45) is 1.66. The van der Waals surface area contributed by atoms with Crippen LogP contribution in [0.5, 0.6) is 0 Å². The zero-order valence-corrected chi connectivity index (χ0v) is 22.9. The molecule has 0 fully saturated rings. The smallest absolute Gasteiger partial charge is 0.255 e. The van der Waals surface area contributed by atoms with E-state index in [1.54, 1.807) is 6.07 Å². The van der Waals surface area contributed by atoms with Crippen LogP contribution in [0.1, 0.15) is 29.8 Å². The summed E-state index contributed by atoms with van der Waals surface area (Å²) < 4.78 is 46.5. The summed E-state index contributed by atoms with van der Waals surface area (Å²) in [7, 11) is -0.169. The van der Waals surface area contributed by atoms with Crippen LogP contribution in [0.4, 0.5) is 10.2 Å². The van der Waals surface area contributed by atoms with Crippen LogP contribution in [0.3, 0.4) is 0 Å². The number of sulfonamides is 1. The minimum atomic E-state index is -3.64. The van der Waals surface area contributed by atoms with Gasteiger partial charge in [0.15, 0.2) is 0 Å². The molecule has 196 valence electrons. The van der Waals surface area contributed by atoms with Crippen molar-refractivity contribution in [2.45, 2.75) is 20.3 Å². The zero-order chi connectivity index (χ0) is 26.5. The molecule has 2 heterocycles. The predicted octanol–water partition coefficient (Wildman–Crippen LogP) is 4.01. The third-order valence-electron chi connectivity index (χ3n) is 5.82. The first-order chi connectivity index (χ1) is 17.1. The second-order valence-electron chi connectivity index (χ2n) is 8.40. The van der Waals surface area contributed by atoms with Gasteiger partial charge in [-0.15, -0.1) is 0 Å². The minimum Gasteiger partial charge on any atom is -0.437 e. The molecule has 3 aromatic rings. The Balaban J connectivity index is 2.10. The molecule has 2 aromatic heterocycles. The lowest BCUT2D eigenvalue weighted by molar-refractivity contribution is 0.0964. The number of carbonyl (C=O) groups excluding carboxylic acids is 1. The fourth-order valence-corrected chi connectivity index (χ4v) is 5.47. The highest BCUT2D eigenvalue weighted by Crippen LogP contribution is 2.36. The molecule has 0 bridgehead atoms. The van der Waals surface area contributed by atoms with E-state index < -0.39 is 15.8 Å². The highest BCUT2D eigenvalue weighted by molar-refractivity contribution is 7.99. The molecule has 0 aliphatic carbocycles. The number of nitrogens with one attached hydrogen (secondary N) is 1. The van der Waals surface area contributed by atoms with Crippen molar-refractivity contribution in [3.8, 4) is 11.3 Å². The van der Waals surface area contributed by atoms with Crippen molar-refractivity contribution in [2.75, 3.05) is 55.8 Å². The molecule has 8 nitrogen and oxygen atoms in total. The van der Waals surface area contributed by atoms with E-state index in [1.807, 2.05) is 25.7 Å². The molecule has 0 spiro atoms. The molecule has 11 heteroatoms. The number of thioether (sulfide) groups is 1. The zero-order valence-electron chi connectivity index (χ0n) is 21.3. The lowest BCUT2D eigenvalue weighted by Crippen LogP contribution is -2.38. The van der Waals surface area contributed by atoms with E-state index in [9.17, 15) is 17.6 Å². The molecule has 0 radical (unpaired) electrons. The van der Waals surface area contributed by atoms with Gasteiger partial charge in [0.1, 0.15) is 17.4 Å². The standard InChI is InChI=1S/C25H33FN4O4S2/c1-6-17-16-20-21(24(31)27-3)22(18-8-10-19(26)11-9-18)34-25(20)28-23(17)30(36(5,32)33)13-12-29(4)14-15-35-7-2/h8-11,16H,6-7,12-15H2,1-5H3,(H,27,31). The lowest BCUT2D eigenvalue weighted by atomic mass is 10.0. The van der Waals surface area contributed by atoms with Crippen molar-refractivity contribution >= 4 is 44.6 Å². The number of pyridine rings is 1. The number of anilines is 1. The van der Waals surface area contributed by atoms with Gasteiger partial charge in [0, 0.05) is 38.0 Å². The van der Waals surface area contributed by atoms with Gasteiger partial charge in [-0.1, -0.05) is 13.8 Å². The van der Waals surface area contributed by atoms with Crippen LogP contribution < -0.4 is 9.62 Å². The van der Waals surface area contributed by atoms with Crippen LogP contribution in [0, 0.1) is 5.82 Å². The Morgan fingerprint density at radius 2 is 1.86 bits per heavy atom. The maximum absolute atomic E-state index is 13.5. The van der Waals surface area contributed by atoms with Gasteiger partial charge in [-0.25, -0.2) is 12.8 Å². The number of fused-ring (bicyclic) bond motifs is 1. The third-order valence-corrected chi connectivity index (χ3v) is 7.86. The molecule has 3 rings (SSSR count). The average Bonchev–Trinajstić information content (AvgIpc) is 3.21. The summed E-state index contributed by atoms with van der Waals surface area (Å²) in [5.74, 6) is 1.75. The Morgan fingerprint density at radius 3 is 2.44 bits per heavy atom. The van der Waals surface area contributed by atoms with Crippen LogP contribution in [-0.2, 0) is 16.4 Å². The quantitative estimate of drug-likeness (QED) is 0.350. The SMILES string of the molecule is CCSCCN(C)CCN(c1nc2oc(-c3ccc(F)cc3)c(C(=O)NC)c2cc1CC)S(C)(=O)=O. The van der Waals surface area contributed by atoms with E-state index in [0.29, 0.717) is 29.5 Å². The predicted molar refractivity (Wildman–Crippen MR) is 145 cm³/mol. The number of halogens is 1. The second-order valence-corrected chi connectivity index (χ2v) is 11.7. The second kappa shape index (κ2) is 12.1. The molecule has 0 saturated heterocycles. The van der Waals surface area contributed by atoms with Gasteiger partial charge in [0.05, 0.1) is 17.2 Å². The first-order valence-corrected chi connectivity index (χ1v) is 14.8. The largest absolute Gasteiger partial charge is 0.437 e. The van der Waals surface area contributed by atoms with Crippen molar-refractivity contribution in [3.05, 3.63) is 47.3 Å². The van der Waals surface area contributed by atoms with Crippen LogP contribution in [0.15, 0.2) is 34.7 Å².